The molecule has 92 valence electrons. The maximum Gasteiger partial charge on any atom is 0.330 e. The zero-order chi connectivity index (χ0) is 12.7. The average Bonchev–Trinajstić information content (AvgIpc) is 2.31. The Hall–Kier alpha value is -1.48. The molecule has 0 amide bonds. The Morgan fingerprint density at radius 3 is 3.00 bits per heavy atom. The molecule has 0 aliphatic rings. The van der Waals surface area contributed by atoms with Gasteiger partial charge in [0, 0.05) is 16.7 Å². The van der Waals surface area contributed by atoms with Crippen LogP contribution in [0.3, 0.4) is 0 Å². The molecule has 0 aromatic heterocycles. The van der Waals surface area contributed by atoms with Gasteiger partial charge in [-0.1, -0.05) is 24.9 Å². The number of rotatable bonds is 5. The zero-order valence-electron chi connectivity index (χ0n) is 9.65. The number of aromatic hydroxyl groups is 1. The number of carbonyl (C=O) groups is 1. The molecule has 0 heterocycles. The van der Waals surface area contributed by atoms with Crippen LogP contribution in [0, 0.1) is 0 Å². The van der Waals surface area contributed by atoms with Crippen molar-refractivity contribution in [1.29, 1.82) is 0 Å². The Morgan fingerprint density at radius 1 is 1.53 bits per heavy atom. The number of halogens is 1. The quantitative estimate of drug-likeness (QED) is 0.498. The van der Waals surface area contributed by atoms with Crippen molar-refractivity contribution in [3.05, 3.63) is 34.9 Å². The Balaban J connectivity index is 2.57. The maximum absolute atomic E-state index is 11.3. The number of hydrogen-bond donors (Lipinski definition) is 1. The van der Waals surface area contributed by atoms with Gasteiger partial charge in [-0.25, -0.2) is 4.79 Å². The van der Waals surface area contributed by atoms with Crippen molar-refractivity contribution in [2.75, 3.05) is 6.61 Å². The summed E-state index contributed by atoms with van der Waals surface area (Å²) in [5.41, 5.74) is 0.491. The highest BCUT2D eigenvalue weighted by atomic mass is 35.5. The van der Waals surface area contributed by atoms with Gasteiger partial charge in [0.05, 0.1) is 6.61 Å². The lowest BCUT2D eigenvalue weighted by Crippen LogP contribution is -2.01. The van der Waals surface area contributed by atoms with Crippen molar-refractivity contribution < 1.29 is 14.6 Å². The molecule has 1 aromatic rings. The van der Waals surface area contributed by atoms with Gasteiger partial charge >= 0.3 is 5.97 Å². The first-order valence-corrected chi connectivity index (χ1v) is 5.84. The van der Waals surface area contributed by atoms with E-state index in [4.69, 9.17) is 16.3 Å². The standard InChI is InChI=1S/C13H15ClO3/c1-2-3-8-17-13(16)7-4-10-9-11(14)5-6-12(10)15/h4-7,9,15H,2-3,8H2,1H3/b7-4+. The van der Waals surface area contributed by atoms with Crippen LogP contribution in [0.5, 0.6) is 5.75 Å². The van der Waals surface area contributed by atoms with Crippen LogP contribution in [-0.4, -0.2) is 17.7 Å². The lowest BCUT2D eigenvalue weighted by molar-refractivity contribution is -0.137. The van der Waals surface area contributed by atoms with Crippen LogP contribution in [0.25, 0.3) is 6.08 Å². The number of unbranched alkanes of at least 4 members (excludes halogenated alkanes) is 1. The summed E-state index contributed by atoms with van der Waals surface area (Å²) in [7, 11) is 0. The van der Waals surface area contributed by atoms with Gasteiger partial charge in [-0.3, -0.25) is 0 Å². The molecule has 0 atom stereocenters. The fourth-order valence-electron chi connectivity index (χ4n) is 1.18. The van der Waals surface area contributed by atoms with Crippen LogP contribution in [0.2, 0.25) is 5.02 Å². The summed E-state index contributed by atoms with van der Waals surface area (Å²) in [5, 5.41) is 10.0. The average molecular weight is 255 g/mol. The molecule has 0 radical (unpaired) electrons. The van der Waals surface area contributed by atoms with Gasteiger partial charge in [0.2, 0.25) is 0 Å². The molecule has 0 fully saturated rings. The number of hydrogen-bond acceptors (Lipinski definition) is 3. The summed E-state index contributed by atoms with van der Waals surface area (Å²) in [6.07, 6.45) is 4.59. The number of phenolic OH excluding ortho intramolecular Hbond substituents is 1. The van der Waals surface area contributed by atoms with E-state index in [2.05, 4.69) is 0 Å². The van der Waals surface area contributed by atoms with Crippen LogP contribution in [0.4, 0.5) is 0 Å². The van der Waals surface area contributed by atoms with Gasteiger partial charge in [0.1, 0.15) is 5.75 Å². The van der Waals surface area contributed by atoms with Gasteiger partial charge in [-0.2, -0.15) is 0 Å². The van der Waals surface area contributed by atoms with Crippen molar-refractivity contribution in [2.24, 2.45) is 0 Å². The number of benzene rings is 1. The Morgan fingerprint density at radius 2 is 2.29 bits per heavy atom. The first-order chi connectivity index (χ1) is 8.13. The maximum atomic E-state index is 11.3. The second-order valence-corrected chi connectivity index (χ2v) is 3.99. The molecule has 3 nitrogen and oxygen atoms in total. The lowest BCUT2D eigenvalue weighted by atomic mass is 10.2. The third-order valence-electron chi connectivity index (χ3n) is 2.13. The van der Waals surface area contributed by atoms with E-state index in [1.807, 2.05) is 6.92 Å². The van der Waals surface area contributed by atoms with E-state index in [0.717, 1.165) is 12.8 Å². The number of esters is 1. The number of carbonyl (C=O) groups excluding carboxylic acids is 1. The molecule has 0 unspecified atom stereocenters. The van der Waals surface area contributed by atoms with Crippen molar-refractivity contribution in [1.82, 2.24) is 0 Å². The molecule has 0 bridgehead atoms. The van der Waals surface area contributed by atoms with Crippen LogP contribution < -0.4 is 0 Å². The summed E-state index contributed by atoms with van der Waals surface area (Å²) >= 11 is 5.77. The molecule has 0 saturated carbocycles. The topological polar surface area (TPSA) is 46.5 Å². The van der Waals surface area contributed by atoms with Crippen molar-refractivity contribution in [3.8, 4) is 5.75 Å². The summed E-state index contributed by atoms with van der Waals surface area (Å²) in [6, 6.07) is 4.63. The minimum atomic E-state index is -0.419. The third kappa shape index (κ3) is 4.91. The Labute approximate surface area is 106 Å². The number of phenols is 1. The predicted octanol–water partition coefficient (Wildman–Crippen LogP) is 3.40. The second kappa shape index (κ2) is 6.97. The third-order valence-corrected chi connectivity index (χ3v) is 2.37. The van der Waals surface area contributed by atoms with Gasteiger partial charge in [0.15, 0.2) is 0 Å². The monoisotopic (exact) mass is 254 g/mol. The van der Waals surface area contributed by atoms with E-state index in [-0.39, 0.29) is 5.75 Å². The summed E-state index contributed by atoms with van der Waals surface area (Å²) in [4.78, 5) is 11.3. The molecule has 17 heavy (non-hydrogen) atoms. The fraction of sp³-hybridized carbons (Fsp3) is 0.308. The fourth-order valence-corrected chi connectivity index (χ4v) is 1.36. The van der Waals surface area contributed by atoms with E-state index in [1.54, 1.807) is 12.1 Å². The summed E-state index contributed by atoms with van der Waals surface area (Å²) < 4.78 is 4.93. The molecule has 0 aliphatic heterocycles. The Kier molecular flexibility index (Phi) is 5.57. The first-order valence-electron chi connectivity index (χ1n) is 5.47. The molecule has 0 spiro atoms. The van der Waals surface area contributed by atoms with E-state index in [1.165, 1.54) is 18.2 Å². The molecule has 0 saturated heterocycles. The normalized spacial score (nSPS) is 10.7. The molecular formula is C13H15ClO3. The predicted molar refractivity (Wildman–Crippen MR) is 68.0 cm³/mol. The molecule has 4 heteroatoms. The smallest absolute Gasteiger partial charge is 0.330 e. The molecular weight excluding hydrogens is 240 g/mol. The highest BCUT2D eigenvalue weighted by Gasteiger charge is 2.00. The molecule has 1 N–H and O–H groups in total. The van der Waals surface area contributed by atoms with Gasteiger partial charge in [-0.15, -0.1) is 0 Å². The van der Waals surface area contributed by atoms with E-state index in [9.17, 15) is 9.90 Å². The van der Waals surface area contributed by atoms with Gasteiger partial charge < -0.3 is 9.84 Å². The van der Waals surface area contributed by atoms with E-state index >= 15 is 0 Å². The summed E-state index contributed by atoms with van der Waals surface area (Å²) in [5.74, 6) is -0.343. The second-order valence-electron chi connectivity index (χ2n) is 3.56. The van der Waals surface area contributed by atoms with Crippen LogP contribution >= 0.6 is 11.6 Å². The van der Waals surface area contributed by atoms with Crippen molar-refractivity contribution in [2.45, 2.75) is 19.8 Å². The van der Waals surface area contributed by atoms with Crippen LogP contribution in [0.1, 0.15) is 25.3 Å². The SMILES string of the molecule is CCCCOC(=O)/C=C/c1cc(Cl)ccc1O. The minimum Gasteiger partial charge on any atom is -0.507 e. The van der Waals surface area contributed by atoms with Crippen molar-refractivity contribution >= 4 is 23.6 Å². The Bertz CT molecular complexity index is 413. The first kappa shape index (κ1) is 13.6. The highest BCUT2D eigenvalue weighted by molar-refractivity contribution is 6.30. The lowest BCUT2D eigenvalue weighted by Gasteiger charge is -2.01. The van der Waals surface area contributed by atoms with Crippen molar-refractivity contribution in [3.63, 3.8) is 0 Å². The van der Waals surface area contributed by atoms with Crippen LogP contribution in [-0.2, 0) is 9.53 Å². The molecule has 1 rings (SSSR count). The summed E-state index contributed by atoms with van der Waals surface area (Å²) in [6.45, 7) is 2.44. The van der Waals surface area contributed by atoms with E-state index < -0.39 is 5.97 Å². The largest absolute Gasteiger partial charge is 0.507 e. The zero-order valence-corrected chi connectivity index (χ0v) is 10.4. The highest BCUT2D eigenvalue weighted by Crippen LogP contribution is 2.22. The number of ether oxygens (including phenoxy) is 1. The molecule has 0 aliphatic carbocycles. The van der Waals surface area contributed by atoms with Crippen LogP contribution in [0.15, 0.2) is 24.3 Å². The minimum absolute atomic E-state index is 0.0759. The van der Waals surface area contributed by atoms with E-state index in [0.29, 0.717) is 17.2 Å². The van der Waals surface area contributed by atoms with Gasteiger partial charge in [-0.05, 0) is 30.7 Å². The van der Waals surface area contributed by atoms with Gasteiger partial charge in [0.25, 0.3) is 0 Å². The molecule has 1 aromatic carbocycles.